The average molecular weight is 271 g/mol. The number of rotatable bonds is 4. The number of nitrogens with zero attached hydrogens (tertiary/aromatic N) is 3. The zero-order valence-corrected chi connectivity index (χ0v) is 10.6. The summed E-state index contributed by atoms with van der Waals surface area (Å²) in [5.41, 5.74) is 0. The summed E-state index contributed by atoms with van der Waals surface area (Å²) >= 11 is 3.48. The topological polar surface area (TPSA) is 41.1 Å². The van der Waals surface area contributed by atoms with E-state index < -0.39 is 0 Å². The van der Waals surface area contributed by atoms with Crippen molar-refractivity contribution in [2.45, 2.75) is 12.8 Å². The number of halogens is 1. The minimum Gasteiger partial charge on any atom is -0.358 e. The maximum Gasteiger partial charge on any atom is 0.224 e. The molecule has 1 N–H and O–H groups in total. The lowest BCUT2D eigenvalue weighted by atomic mass is 10.4. The molecular weight excluding hydrogens is 256 g/mol. The minimum absolute atomic E-state index is 0.663. The van der Waals surface area contributed by atoms with Gasteiger partial charge in [-0.1, -0.05) is 0 Å². The van der Waals surface area contributed by atoms with Crippen LogP contribution in [0.2, 0.25) is 0 Å². The second kappa shape index (κ2) is 4.35. The van der Waals surface area contributed by atoms with Gasteiger partial charge in [-0.25, -0.2) is 4.98 Å². The number of anilines is 2. The van der Waals surface area contributed by atoms with Gasteiger partial charge in [0.1, 0.15) is 5.82 Å². The van der Waals surface area contributed by atoms with Gasteiger partial charge in [0.2, 0.25) is 5.95 Å². The predicted octanol–water partition coefficient (Wildman–Crippen LogP) is 2.13. The van der Waals surface area contributed by atoms with Crippen LogP contribution >= 0.6 is 15.9 Å². The van der Waals surface area contributed by atoms with E-state index in [4.69, 9.17) is 0 Å². The molecule has 1 aromatic heterocycles. The Balaban J connectivity index is 2.16. The van der Waals surface area contributed by atoms with E-state index in [0.29, 0.717) is 5.95 Å². The van der Waals surface area contributed by atoms with E-state index >= 15 is 0 Å². The summed E-state index contributed by atoms with van der Waals surface area (Å²) in [4.78, 5) is 10.8. The van der Waals surface area contributed by atoms with Crippen LogP contribution in [0.15, 0.2) is 10.7 Å². The third-order valence-electron chi connectivity index (χ3n) is 2.54. The predicted molar refractivity (Wildman–Crippen MR) is 65.3 cm³/mol. The molecule has 15 heavy (non-hydrogen) atoms. The maximum atomic E-state index is 4.43. The molecule has 1 heterocycles. The molecular formula is C10H15BrN4. The second-order valence-corrected chi connectivity index (χ2v) is 4.79. The molecule has 2 rings (SSSR count). The molecule has 0 spiro atoms. The van der Waals surface area contributed by atoms with Gasteiger partial charge in [-0.15, -0.1) is 0 Å². The van der Waals surface area contributed by atoms with Crippen LogP contribution in [-0.4, -0.2) is 30.6 Å². The van der Waals surface area contributed by atoms with E-state index in [2.05, 4.69) is 43.2 Å². The van der Waals surface area contributed by atoms with Crippen LogP contribution < -0.4 is 10.2 Å². The monoisotopic (exact) mass is 270 g/mol. The van der Waals surface area contributed by atoms with Crippen molar-refractivity contribution in [2.75, 3.05) is 30.9 Å². The fourth-order valence-corrected chi connectivity index (χ4v) is 2.01. The van der Waals surface area contributed by atoms with Gasteiger partial charge in [0, 0.05) is 26.8 Å². The smallest absolute Gasteiger partial charge is 0.224 e. The van der Waals surface area contributed by atoms with Crippen LogP contribution in [0.4, 0.5) is 11.8 Å². The Kier molecular flexibility index (Phi) is 3.09. The lowest BCUT2D eigenvalue weighted by Crippen LogP contribution is -2.22. The molecule has 0 bridgehead atoms. The highest BCUT2D eigenvalue weighted by Gasteiger charge is 2.24. The van der Waals surface area contributed by atoms with Gasteiger partial charge in [0.05, 0.1) is 4.47 Å². The quantitative estimate of drug-likeness (QED) is 0.910. The number of hydrogen-bond donors (Lipinski definition) is 1. The van der Waals surface area contributed by atoms with Gasteiger partial charge < -0.3 is 10.2 Å². The first kappa shape index (κ1) is 10.7. The van der Waals surface area contributed by atoms with Crippen LogP contribution in [0.25, 0.3) is 0 Å². The summed E-state index contributed by atoms with van der Waals surface area (Å²) in [6.45, 7) is 1.08. The van der Waals surface area contributed by atoms with Crippen molar-refractivity contribution in [2.24, 2.45) is 5.92 Å². The van der Waals surface area contributed by atoms with Gasteiger partial charge in [0.25, 0.3) is 0 Å². The SMILES string of the molecule is CNc1ncc(Br)c(N(C)CC2CC2)n1. The molecule has 0 saturated heterocycles. The summed E-state index contributed by atoms with van der Waals surface area (Å²) in [6.07, 6.45) is 4.50. The van der Waals surface area contributed by atoms with Gasteiger partial charge >= 0.3 is 0 Å². The van der Waals surface area contributed by atoms with Crippen molar-refractivity contribution < 1.29 is 0 Å². The number of nitrogens with one attached hydrogen (secondary N) is 1. The minimum atomic E-state index is 0.663. The van der Waals surface area contributed by atoms with E-state index in [1.165, 1.54) is 12.8 Å². The number of hydrogen-bond acceptors (Lipinski definition) is 4. The Morgan fingerprint density at radius 3 is 2.93 bits per heavy atom. The van der Waals surface area contributed by atoms with Gasteiger partial charge in [-0.2, -0.15) is 4.98 Å². The van der Waals surface area contributed by atoms with E-state index in [1.54, 1.807) is 6.20 Å². The number of aromatic nitrogens is 2. The van der Waals surface area contributed by atoms with Crippen LogP contribution in [0.5, 0.6) is 0 Å². The molecule has 0 atom stereocenters. The highest BCUT2D eigenvalue weighted by Crippen LogP contribution is 2.32. The van der Waals surface area contributed by atoms with E-state index in [0.717, 1.165) is 22.8 Å². The average Bonchev–Trinajstić information content (AvgIpc) is 3.02. The van der Waals surface area contributed by atoms with Gasteiger partial charge in [-0.3, -0.25) is 0 Å². The summed E-state index contributed by atoms with van der Waals surface area (Å²) in [7, 11) is 3.90. The molecule has 82 valence electrons. The van der Waals surface area contributed by atoms with Crippen molar-refractivity contribution in [3.05, 3.63) is 10.7 Å². The first-order valence-electron chi connectivity index (χ1n) is 5.12. The molecule has 1 aromatic rings. The van der Waals surface area contributed by atoms with E-state index in [9.17, 15) is 0 Å². The van der Waals surface area contributed by atoms with Crippen molar-refractivity contribution in [3.63, 3.8) is 0 Å². The molecule has 4 nitrogen and oxygen atoms in total. The summed E-state index contributed by atoms with van der Waals surface area (Å²) in [5, 5.41) is 2.95. The van der Waals surface area contributed by atoms with Crippen LogP contribution in [0.1, 0.15) is 12.8 Å². The summed E-state index contributed by atoms with van der Waals surface area (Å²) < 4.78 is 0.949. The molecule has 1 aliphatic carbocycles. The van der Waals surface area contributed by atoms with Crippen LogP contribution in [-0.2, 0) is 0 Å². The fraction of sp³-hybridized carbons (Fsp3) is 0.600. The highest BCUT2D eigenvalue weighted by molar-refractivity contribution is 9.10. The fourth-order valence-electron chi connectivity index (χ4n) is 1.52. The molecule has 0 unspecified atom stereocenters. The molecule has 5 heteroatoms. The van der Waals surface area contributed by atoms with Gasteiger partial charge in [-0.05, 0) is 34.7 Å². The zero-order valence-electron chi connectivity index (χ0n) is 9.00. The van der Waals surface area contributed by atoms with Crippen molar-refractivity contribution >= 4 is 27.7 Å². The Bertz CT molecular complexity index is 351. The Hall–Kier alpha value is -0.840. The Morgan fingerprint density at radius 1 is 1.60 bits per heavy atom. The van der Waals surface area contributed by atoms with Crippen LogP contribution in [0.3, 0.4) is 0 Å². The first-order chi connectivity index (χ1) is 7.20. The normalized spacial score (nSPS) is 15.1. The zero-order chi connectivity index (χ0) is 10.8. The first-order valence-corrected chi connectivity index (χ1v) is 5.91. The molecule has 0 amide bonds. The summed E-state index contributed by atoms with van der Waals surface area (Å²) in [5.74, 6) is 2.48. The lowest BCUT2D eigenvalue weighted by Gasteiger charge is -2.19. The molecule has 1 saturated carbocycles. The van der Waals surface area contributed by atoms with Gasteiger partial charge in [0.15, 0.2) is 0 Å². The van der Waals surface area contributed by atoms with Crippen molar-refractivity contribution in [1.29, 1.82) is 0 Å². The standard InChI is InChI=1S/C10H15BrN4/c1-12-10-13-5-8(11)9(14-10)15(2)6-7-3-4-7/h5,7H,3-4,6H2,1-2H3,(H,12,13,14). The Morgan fingerprint density at radius 2 is 2.33 bits per heavy atom. The molecule has 1 fully saturated rings. The summed E-state index contributed by atoms with van der Waals surface area (Å²) in [6, 6.07) is 0. The molecule has 1 aliphatic rings. The maximum absolute atomic E-state index is 4.43. The third-order valence-corrected chi connectivity index (χ3v) is 3.10. The second-order valence-electron chi connectivity index (χ2n) is 3.94. The van der Waals surface area contributed by atoms with E-state index in [-0.39, 0.29) is 0 Å². The molecule has 0 radical (unpaired) electrons. The van der Waals surface area contributed by atoms with Crippen LogP contribution in [0, 0.1) is 5.92 Å². The lowest BCUT2D eigenvalue weighted by molar-refractivity contribution is 0.774. The Labute approximate surface area is 98.2 Å². The largest absolute Gasteiger partial charge is 0.358 e. The third kappa shape index (κ3) is 2.59. The molecule has 0 aromatic carbocycles. The van der Waals surface area contributed by atoms with Crippen molar-refractivity contribution in [1.82, 2.24) is 9.97 Å². The van der Waals surface area contributed by atoms with E-state index in [1.807, 2.05) is 7.05 Å². The molecule has 0 aliphatic heterocycles. The highest BCUT2D eigenvalue weighted by atomic mass is 79.9. The van der Waals surface area contributed by atoms with Crippen molar-refractivity contribution in [3.8, 4) is 0 Å².